The third-order valence-electron chi connectivity index (χ3n) is 18.9. The third kappa shape index (κ3) is 10.3. The van der Waals surface area contributed by atoms with Gasteiger partial charge in [-0.25, -0.2) is 19.9 Å². The van der Waals surface area contributed by atoms with E-state index in [1.807, 2.05) is 80.6 Å². The van der Waals surface area contributed by atoms with Gasteiger partial charge in [-0.2, -0.15) is 0 Å². The van der Waals surface area contributed by atoms with Crippen molar-refractivity contribution < 1.29 is 52.3 Å². The van der Waals surface area contributed by atoms with E-state index in [4.69, 9.17) is 24.9 Å². The van der Waals surface area contributed by atoms with Crippen molar-refractivity contribution in [3.05, 3.63) is 266 Å². The van der Waals surface area contributed by atoms with Gasteiger partial charge < -0.3 is 19.3 Å². The Morgan fingerprint density at radius 1 is 0.357 bits per heavy atom. The van der Waals surface area contributed by atoms with Crippen LogP contribution in [0.15, 0.2) is 231 Å². The molecule has 10 aromatic carbocycles. The number of benzene rings is 10. The number of phenolic OH excluding ortho intramolecular Hbond substituents is 2. The van der Waals surface area contributed by atoms with E-state index in [-0.39, 0.29) is 64.5 Å². The minimum Gasteiger partial charge on any atom is -0.506 e. The van der Waals surface area contributed by atoms with Crippen LogP contribution in [0.25, 0.3) is 155 Å². The summed E-state index contributed by atoms with van der Waals surface area (Å²) < 4.78 is 8.54. The second-order valence-electron chi connectivity index (χ2n) is 26.9. The number of para-hydroxylation sites is 5. The molecule has 0 unspecified atom stereocenters. The van der Waals surface area contributed by atoms with E-state index in [1.54, 1.807) is 24.5 Å². The van der Waals surface area contributed by atoms with Crippen molar-refractivity contribution in [3.8, 4) is 67.4 Å². The first-order valence-corrected chi connectivity index (χ1v) is 32.4. The van der Waals surface area contributed by atoms with Gasteiger partial charge in [0.25, 0.3) is 0 Å². The maximum absolute atomic E-state index is 11.3. The number of phenols is 2. The molecule has 8 aromatic heterocycles. The summed E-state index contributed by atoms with van der Waals surface area (Å²) >= 11 is 0. The monoisotopic (exact) mass is 1630 g/mol. The fourth-order valence-electron chi connectivity index (χ4n) is 14.3. The molecule has 8 heterocycles. The zero-order chi connectivity index (χ0) is 65.5. The molecule has 18 rings (SSSR count). The third-order valence-corrected chi connectivity index (χ3v) is 18.9. The molecule has 0 spiro atoms. The number of hydrogen-bond acceptors (Lipinski definition) is 8. The normalized spacial score (nSPS) is 12.0. The average Bonchev–Trinajstić information content (AvgIpc) is 1.59. The van der Waals surface area contributed by atoms with Crippen LogP contribution in [0.2, 0.25) is 0 Å². The van der Waals surface area contributed by atoms with Crippen LogP contribution in [0, 0.1) is 26.0 Å². The van der Waals surface area contributed by atoms with Crippen molar-refractivity contribution >= 4 is 99.0 Å². The number of imidazole rings is 2. The molecule has 0 aliphatic rings. The van der Waals surface area contributed by atoms with Gasteiger partial charge in [0.1, 0.15) is 34.2 Å². The van der Waals surface area contributed by atoms with Crippen molar-refractivity contribution in [3.63, 3.8) is 0 Å². The van der Waals surface area contributed by atoms with Gasteiger partial charge in [-0.3, -0.25) is 18.8 Å². The van der Waals surface area contributed by atoms with Crippen molar-refractivity contribution in [1.29, 1.82) is 0 Å². The quantitative estimate of drug-likeness (QED) is 0.157. The largest absolute Gasteiger partial charge is 0.506 e. The standard InChI is InChI=1S/C48H36N5O.C36H28N5O.2Pt/c1-29-50-40-20-13-25-49-44(40)47-51-43-35(23-24-39(46(43)52(29)47)36-17-9-8-16-34(36)30-14-6-5-7-15-30)31-26-32(48(2,3)4)28-33(27-31)53-41-21-11-10-18-37(41)38-19-12-22-42(54)45(38)53;1-21-38-28-13-9-17-37-33(28)35-39-32-25(11-7-15-30(32)40(21)35)22-18-23(36(2,3)4)20-24(19-22)41-29-14-6-5-10-26(29)27-12-8-16-31(42)34(27)41;;/h5-26,28,54H,1-4H3;5-18,20,42H,1-4H3;;/q2*-1;;. The van der Waals surface area contributed by atoms with Gasteiger partial charge in [0, 0.05) is 81.6 Å². The molecule has 98 heavy (non-hydrogen) atoms. The number of fused-ring (bicyclic) bond motifs is 16. The Bertz CT molecular complexity index is 6250. The van der Waals surface area contributed by atoms with Crippen molar-refractivity contribution in [1.82, 2.24) is 47.8 Å². The van der Waals surface area contributed by atoms with Crippen molar-refractivity contribution in [2.45, 2.75) is 66.2 Å². The van der Waals surface area contributed by atoms with Gasteiger partial charge in [-0.05, 0) is 107 Å². The molecule has 14 heteroatoms. The van der Waals surface area contributed by atoms with Gasteiger partial charge in [-0.1, -0.05) is 192 Å². The van der Waals surface area contributed by atoms with Gasteiger partial charge in [0.15, 0.2) is 11.3 Å². The SMILES string of the molecule is Cc1nc2cccnc2c2nc3c(-c4[c-]c(-n5c6ccccc6c6cccc(O)c65)cc(C(C)(C)C)c4)ccc(-c4ccccc4-c4ccccc4)c3n12.Cc1nc2cccnc2c2nc3c(-c4[c-]c(-n5c6ccccc6c6cccc(O)c65)cc(C(C)(C)C)c4)cccc3n12.[Pt].[Pt]. The average molecular weight is 1640 g/mol. The second kappa shape index (κ2) is 24.2. The van der Waals surface area contributed by atoms with Crippen LogP contribution in [0.4, 0.5) is 0 Å². The number of nitrogens with zero attached hydrogens (tertiary/aromatic N) is 10. The van der Waals surface area contributed by atoms with Gasteiger partial charge in [-0.15, -0.1) is 58.7 Å². The number of aryl methyl sites for hydroxylation is 2. The molecule has 0 amide bonds. The molecule has 0 aliphatic carbocycles. The van der Waals surface area contributed by atoms with E-state index < -0.39 is 0 Å². The van der Waals surface area contributed by atoms with Gasteiger partial charge in [0.2, 0.25) is 0 Å². The van der Waals surface area contributed by atoms with E-state index >= 15 is 0 Å². The predicted molar refractivity (Wildman–Crippen MR) is 390 cm³/mol. The molecule has 0 aliphatic heterocycles. The summed E-state index contributed by atoms with van der Waals surface area (Å²) in [4.78, 5) is 29.9. The van der Waals surface area contributed by atoms with Crippen LogP contribution < -0.4 is 0 Å². The van der Waals surface area contributed by atoms with Gasteiger partial charge >= 0.3 is 0 Å². The molecule has 0 saturated heterocycles. The summed E-state index contributed by atoms with van der Waals surface area (Å²) in [5.41, 5.74) is 23.9. The number of rotatable bonds is 6. The smallest absolute Gasteiger partial charge is 0.166 e. The van der Waals surface area contributed by atoms with Crippen LogP contribution in [0.3, 0.4) is 0 Å². The predicted octanol–water partition coefficient (Wildman–Crippen LogP) is 19.9. The molecule has 0 atom stereocenters. The minimum absolute atomic E-state index is 0. The molecule has 484 valence electrons. The second-order valence-corrected chi connectivity index (χ2v) is 26.9. The minimum atomic E-state index is -0.188. The van der Waals surface area contributed by atoms with Crippen molar-refractivity contribution in [2.75, 3.05) is 0 Å². The van der Waals surface area contributed by atoms with E-state index in [1.165, 1.54) is 5.56 Å². The Kier molecular flexibility index (Phi) is 15.6. The molecule has 0 bridgehead atoms. The Balaban J connectivity index is 0.000000161. The van der Waals surface area contributed by atoms with Crippen LogP contribution >= 0.6 is 0 Å². The number of hydrogen-bond donors (Lipinski definition) is 2. The summed E-state index contributed by atoms with van der Waals surface area (Å²) in [6, 6.07) is 82.1. The fraction of sp³-hybridized carbons (Fsp3) is 0.119. The van der Waals surface area contributed by atoms with Gasteiger partial charge in [0.05, 0.1) is 55.2 Å². The summed E-state index contributed by atoms with van der Waals surface area (Å²) in [6.45, 7) is 17.4. The number of aromatic nitrogens is 10. The zero-order valence-corrected chi connectivity index (χ0v) is 59.5. The van der Waals surface area contributed by atoms with Crippen LogP contribution in [-0.4, -0.2) is 58.1 Å². The first-order chi connectivity index (χ1) is 46.6. The van der Waals surface area contributed by atoms with Crippen LogP contribution in [0.5, 0.6) is 11.5 Å². The van der Waals surface area contributed by atoms with E-state index in [9.17, 15) is 10.2 Å². The first-order valence-electron chi connectivity index (χ1n) is 32.4. The molecule has 2 N–H and O–H groups in total. The number of pyridine rings is 2. The first kappa shape index (κ1) is 63.4. The van der Waals surface area contributed by atoms with Crippen LogP contribution in [0.1, 0.15) is 64.3 Å². The molecular weight excluding hydrogens is 1570 g/mol. The molecule has 0 radical (unpaired) electrons. The molecular formula is C84H64N10O2Pt2-2. The van der Waals surface area contributed by atoms with E-state index in [0.29, 0.717) is 0 Å². The molecule has 12 nitrogen and oxygen atoms in total. The van der Waals surface area contributed by atoms with E-state index in [0.717, 1.165) is 172 Å². The summed E-state index contributed by atoms with van der Waals surface area (Å²) in [5.74, 6) is 2.16. The summed E-state index contributed by atoms with van der Waals surface area (Å²) in [6.07, 6.45) is 3.59. The number of aromatic hydroxyl groups is 2. The van der Waals surface area contributed by atoms with E-state index in [2.05, 4.69) is 216 Å². The Labute approximate surface area is 594 Å². The Morgan fingerprint density at radius 2 is 0.796 bits per heavy atom. The Hall–Kier alpha value is -10.6. The maximum Gasteiger partial charge on any atom is 0.166 e. The maximum atomic E-state index is 11.3. The fourth-order valence-corrected chi connectivity index (χ4v) is 14.3. The molecule has 18 aromatic rings. The van der Waals surface area contributed by atoms with Crippen LogP contribution in [-0.2, 0) is 53.0 Å². The topological polar surface area (TPSA) is 136 Å². The molecule has 0 fully saturated rings. The summed E-state index contributed by atoms with van der Waals surface area (Å²) in [7, 11) is 0. The Morgan fingerprint density at radius 3 is 1.36 bits per heavy atom. The van der Waals surface area contributed by atoms with Crippen molar-refractivity contribution in [2.24, 2.45) is 0 Å². The molecule has 0 saturated carbocycles. The summed E-state index contributed by atoms with van der Waals surface area (Å²) in [5, 5.41) is 26.6. The zero-order valence-electron chi connectivity index (χ0n) is 54.9.